The zero-order valence-corrected chi connectivity index (χ0v) is 18.5. The van der Waals surface area contributed by atoms with Crippen LogP contribution in [-0.2, 0) is 11.8 Å². The molecule has 1 saturated heterocycles. The molecule has 6 heteroatoms. The summed E-state index contributed by atoms with van der Waals surface area (Å²) in [6, 6.07) is 8.58. The van der Waals surface area contributed by atoms with E-state index in [9.17, 15) is 4.79 Å². The van der Waals surface area contributed by atoms with Crippen LogP contribution >= 0.6 is 0 Å². The molecule has 0 spiro atoms. The van der Waals surface area contributed by atoms with Crippen molar-refractivity contribution in [3.05, 3.63) is 41.2 Å². The van der Waals surface area contributed by atoms with Gasteiger partial charge in [-0.3, -0.25) is 4.79 Å². The van der Waals surface area contributed by atoms with Crippen molar-refractivity contribution in [2.24, 2.45) is 11.7 Å². The monoisotopic (exact) mass is 397 g/mol. The molecular weight excluding hydrogens is 362 g/mol. The van der Waals surface area contributed by atoms with Gasteiger partial charge in [0, 0.05) is 19.1 Å². The Kier molecular flexibility index (Phi) is 6.42. The predicted octanol–water partition coefficient (Wildman–Crippen LogP) is 3.72. The Morgan fingerprint density at radius 1 is 1.21 bits per heavy atom. The normalized spacial score (nSPS) is 16.8. The van der Waals surface area contributed by atoms with E-state index in [1.807, 2.05) is 9.58 Å². The molecule has 1 aliphatic rings. The first-order valence-corrected chi connectivity index (χ1v) is 10.8. The van der Waals surface area contributed by atoms with Crippen molar-refractivity contribution in [1.82, 2.24) is 19.9 Å². The van der Waals surface area contributed by atoms with Gasteiger partial charge < -0.3 is 10.6 Å². The maximum absolute atomic E-state index is 13.2. The van der Waals surface area contributed by atoms with Gasteiger partial charge >= 0.3 is 0 Å². The molecule has 1 atom stereocenters. The number of benzene rings is 1. The van der Waals surface area contributed by atoms with Crippen LogP contribution in [0.15, 0.2) is 24.3 Å². The molecule has 158 valence electrons. The molecule has 0 saturated carbocycles. The predicted molar refractivity (Wildman–Crippen MR) is 116 cm³/mol. The maximum atomic E-state index is 13.2. The van der Waals surface area contributed by atoms with Gasteiger partial charge in [0.05, 0.1) is 11.4 Å². The van der Waals surface area contributed by atoms with Gasteiger partial charge in [0.15, 0.2) is 5.69 Å². The lowest BCUT2D eigenvalue weighted by molar-refractivity contribution is 0.0673. The fourth-order valence-corrected chi connectivity index (χ4v) is 4.02. The van der Waals surface area contributed by atoms with E-state index in [4.69, 9.17) is 5.73 Å². The summed E-state index contributed by atoms with van der Waals surface area (Å²) in [5, 5.41) is 8.66. The summed E-state index contributed by atoms with van der Waals surface area (Å²) in [6.45, 7) is 12.2. The number of hydrogen-bond donors (Lipinski definition) is 1. The quantitative estimate of drug-likeness (QED) is 0.834. The Morgan fingerprint density at radius 3 is 2.34 bits per heavy atom. The van der Waals surface area contributed by atoms with Gasteiger partial charge in [0.25, 0.3) is 5.91 Å². The molecule has 3 rings (SSSR count). The average molecular weight is 398 g/mol. The lowest BCUT2D eigenvalue weighted by Crippen LogP contribution is -2.42. The topological polar surface area (TPSA) is 77.0 Å². The molecule has 2 N–H and O–H groups in total. The standard InChI is InChI=1S/C23H35N5O/c1-6-7-20-21(22(29)27-14-12-17(13-15-27)16(2)24)25-26-28(20)19-10-8-18(9-11-19)23(3,4)5/h8-11,16-17H,6-7,12-15,24H2,1-5H3. The van der Waals surface area contributed by atoms with Crippen molar-refractivity contribution in [1.29, 1.82) is 0 Å². The number of amides is 1. The lowest BCUT2D eigenvalue weighted by Gasteiger charge is -2.33. The highest BCUT2D eigenvalue weighted by molar-refractivity contribution is 5.93. The highest BCUT2D eigenvalue weighted by Gasteiger charge is 2.29. The average Bonchev–Trinajstić information content (AvgIpc) is 3.11. The van der Waals surface area contributed by atoms with Crippen LogP contribution in [0, 0.1) is 5.92 Å². The number of piperidine rings is 1. The van der Waals surface area contributed by atoms with E-state index >= 15 is 0 Å². The van der Waals surface area contributed by atoms with Gasteiger partial charge in [0.1, 0.15) is 0 Å². The molecule has 1 fully saturated rings. The Balaban J connectivity index is 1.84. The summed E-state index contributed by atoms with van der Waals surface area (Å²) in [4.78, 5) is 15.1. The van der Waals surface area contributed by atoms with Crippen LogP contribution in [0.3, 0.4) is 0 Å². The second kappa shape index (κ2) is 8.66. The molecule has 1 aromatic heterocycles. The van der Waals surface area contributed by atoms with Crippen LogP contribution in [0.2, 0.25) is 0 Å². The Morgan fingerprint density at radius 2 is 1.83 bits per heavy atom. The lowest BCUT2D eigenvalue weighted by atomic mass is 9.87. The van der Waals surface area contributed by atoms with Gasteiger partial charge in [-0.1, -0.05) is 51.5 Å². The van der Waals surface area contributed by atoms with Crippen molar-refractivity contribution >= 4 is 5.91 Å². The van der Waals surface area contributed by atoms with E-state index in [1.165, 1.54) is 5.56 Å². The molecule has 0 bridgehead atoms. The van der Waals surface area contributed by atoms with E-state index in [1.54, 1.807) is 0 Å². The number of carbonyl (C=O) groups excluding carboxylic acids is 1. The number of rotatable bonds is 5. The summed E-state index contributed by atoms with van der Waals surface area (Å²) in [5.41, 5.74) is 9.75. The van der Waals surface area contributed by atoms with Crippen molar-refractivity contribution in [3.63, 3.8) is 0 Å². The van der Waals surface area contributed by atoms with E-state index in [0.29, 0.717) is 11.6 Å². The van der Waals surface area contributed by atoms with E-state index in [2.05, 4.69) is 69.2 Å². The van der Waals surface area contributed by atoms with E-state index in [0.717, 1.165) is 50.2 Å². The molecule has 6 nitrogen and oxygen atoms in total. The van der Waals surface area contributed by atoms with Crippen molar-refractivity contribution < 1.29 is 4.79 Å². The number of carbonyl (C=O) groups is 1. The number of aromatic nitrogens is 3. The fraction of sp³-hybridized carbons (Fsp3) is 0.609. The van der Waals surface area contributed by atoms with Gasteiger partial charge in [0.2, 0.25) is 0 Å². The molecule has 1 amide bonds. The third-order valence-electron chi connectivity index (χ3n) is 6.00. The third-order valence-corrected chi connectivity index (χ3v) is 6.00. The summed E-state index contributed by atoms with van der Waals surface area (Å²) >= 11 is 0. The van der Waals surface area contributed by atoms with E-state index in [-0.39, 0.29) is 17.4 Å². The number of hydrogen-bond acceptors (Lipinski definition) is 4. The van der Waals surface area contributed by atoms with Crippen LogP contribution in [0.1, 0.15) is 75.6 Å². The molecule has 29 heavy (non-hydrogen) atoms. The van der Waals surface area contributed by atoms with Crippen molar-refractivity contribution in [2.45, 2.75) is 71.8 Å². The van der Waals surface area contributed by atoms with Crippen LogP contribution in [0.25, 0.3) is 5.69 Å². The molecule has 1 aromatic carbocycles. The SMILES string of the molecule is CCCc1c(C(=O)N2CCC(C(C)N)CC2)nnn1-c1ccc(C(C)(C)C)cc1. The minimum atomic E-state index is -0.00543. The number of nitrogens with two attached hydrogens (primary N) is 1. The largest absolute Gasteiger partial charge is 0.337 e. The third kappa shape index (κ3) is 4.69. The second-order valence-electron chi connectivity index (χ2n) is 9.33. The number of likely N-dealkylation sites (tertiary alicyclic amines) is 1. The molecule has 2 aromatic rings. The minimum absolute atomic E-state index is 0.00543. The maximum Gasteiger partial charge on any atom is 0.276 e. The van der Waals surface area contributed by atoms with Gasteiger partial charge in [-0.15, -0.1) is 5.10 Å². The summed E-state index contributed by atoms with van der Waals surface area (Å²) in [6.07, 6.45) is 3.61. The highest BCUT2D eigenvalue weighted by Crippen LogP contribution is 2.25. The first-order valence-electron chi connectivity index (χ1n) is 10.8. The molecule has 2 heterocycles. The number of nitrogens with zero attached hydrogens (tertiary/aromatic N) is 4. The highest BCUT2D eigenvalue weighted by atomic mass is 16.2. The second-order valence-corrected chi connectivity index (χ2v) is 9.33. The van der Waals surface area contributed by atoms with Gasteiger partial charge in [-0.05, 0) is 55.2 Å². The zero-order chi connectivity index (χ0) is 21.2. The minimum Gasteiger partial charge on any atom is -0.337 e. The van der Waals surface area contributed by atoms with Crippen LogP contribution < -0.4 is 5.73 Å². The van der Waals surface area contributed by atoms with Crippen LogP contribution in [0.5, 0.6) is 0 Å². The van der Waals surface area contributed by atoms with Gasteiger partial charge in [-0.25, -0.2) is 4.68 Å². The molecule has 0 radical (unpaired) electrons. The summed E-state index contributed by atoms with van der Waals surface area (Å²) in [7, 11) is 0. The summed E-state index contributed by atoms with van der Waals surface area (Å²) in [5.74, 6) is 0.486. The first-order chi connectivity index (χ1) is 13.7. The van der Waals surface area contributed by atoms with Gasteiger partial charge in [-0.2, -0.15) is 0 Å². The van der Waals surface area contributed by atoms with Crippen molar-refractivity contribution in [3.8, 4) is 5.69 Å². The Hall–Kier alpha value is -2.21. The zero-order valence-electron chi connectivity index (χ0n) is 18.5. The molecule has 0 aliphatic carbocycles. The molecule has 1 aliphatic heterocycles. The Bertz CT molecular complexity index is 824. The summed E-state index contributed by atoms with van der Waals surface area (Å²) < 4.78 is 1.83. The first kappa shape index (κ1) is 21.5. The van der Waals surface area contributed by atoms with Crippen molar-refractivity contribution in [2.75, 3.05) is 13.1 Å². The van der Waals surface area contributed by atoms with Crippen LogP contribution in [0.4, 0.5) is 0 Å². The van der Waals surface area contributed by atoms with Crippen LogP contribution in [-0.4, -0.2) is 44.9 Å². The smallest absolute Gasteiger partial charge is 0.276 e. The fourth-order valence-electron chi connectivity index (χ4n) is 4.02. The Labute approximate surface area is 174 Å². The van der Waals surface area contributed by atoms with E-state index < -0.39 is 0 Å². The molecule has 1 unspecified atom stereocenters. The molecular formula is C23H35N5O.